The summed E-state index contributed by atoms with van der Waals surface area (Å²) in [6.45, 7) is 1.99. The lowest BCUT2D eigenvalue weighted by atomic mass is 10.4. The maximum atomic E-state index is 4.56. The monoisotopic (exact) mass is 285 g/mol. The van der Waals surface area contributed by atoms with Crippen LogP contribution in [0.15, 0.2) is 17.8 Å². The number of rotatable bonds is 4. The molecule has 3 rings (SSSR count). The van der Waals surface area contributed by atoms with Crippen LogP contribution in [0, 0.1) is 0 Å². The third-order valence-corrected chi connectivity index (χ3v) is 6.32. The molecule has 0 amide bonds. The highest BCUT2D eigenvalue weighted by Gasteiger charge is 2.13. The number of hydrogen-bond donors (Lipinski definition) is 1. The van der Waals surface area contributed by atoms with Gasteiger partial charge < -0.3 is 5.32 Å². The first-order chi connectivity index (χ1) is 8.42. The summed E-state index contributed by atoms with van der Waals surface area (Å²) >= 11 is 5.86. The zero-order valence-electron chi connectivity index (χ0n) is 9.46. The second kappa shape index (κ2) is 5.65. The fraction of sp³-hybridized carbons (Fsp3) is 0.545. The van der Waals surface area contributed by atoms with E-state index in [-0.39, 0.29) is 0 Å². The van der Waals surface area contributed by atoms with Crippen LogP contribution < -0.4 is 5.32 Å². The Labute approximate surface area is 113 Å². The minimum absolute atomic E-state index is 0.775. The van der Waals surface area contributed by atoms with Crippen molar-refractivity contribution in [3.8, 4) is 0 Å². The zero-order chi connectivity index (χ0) is 11.5. The molecule has 1 N–H and O–H groups in total. The molecule has 6 heteroatoms. The van der Waals surface area contributed by atoms with E-state index in [1.54, 1.807) is 11.3 Å². The maximum Gasteiger partial charge on any atom is 0.193 e. The number of fused-ring (bicyclic) bond motifs is 1. The average molecular weight is 285 g/mol. The quantitative estimate of drug-likeness (QED) is 0.933. The molecule has 2 aromatic heterocycles. The van der Waals surface area contributed by atoms with Gasteiger partial charge in [-0.15, -0.1) is 11.3 Å². The Morgan fingerprint density at radius 2 is 2.47 bits per heavy atom. The molecule has 0 radical (unpaired) electrons. The van der Waals surface area contributed by atoms with Gasteiger partial charge in [-0.2, -0.15) is 23.5 Å². The third kappa shape index (κ3) is 2.99. The number of imidazole rings is 1. The summed E-state index contributed by atoms with van der Waals surface area (Å²) in [6.07, 6.45) is 4.17. The van der Waals surface area contributed by atoms with Crippen LogP contribution in [0.4, 0.5) is 0 Å². The van der Waals surface area contributed by atoms with Crippen molar-refractivity contribution >= 4 is 39.8 Å². The number of nitrogens with zero attached hydrogens (tertiary/aromatic N) is 2. The molecule has 0 aliphatic carbocycles. The molecule has 2 aromatic rings. The number of nitrogens with one attached hydrogen (secondary N) is 1. The minimum Gasteiger partial charge on any atom is -0.310 e. The van der Waals surface area contributed by atoms with E-state index < -0.39 is 0 Å². The second-order valence-corrected chi connectivity index (χ2v) is 7.45. The topological polar surface area (TPSA) is 29.3 Å². The van der Waals surface area contributed by atoms with Crippen LogP contribution in [0.2, 0.25) is 0 Å². The zero-order valence-corrected chi connectivity index (χ0v) is 11.9. The molecular formula is C11H15N3S3. The summed E-state index contributed by atoms with van der Waals surface area (Å²) in [6, 6.07) is 0. The van der Waals surface area contributed by atoms with Crippen molar-refractivity contribution in [2.75, 3.05) is 23.8 Å². The van der Waals surface area contributed by atoms with Crippen molar-refractivity contribution < 1.29 is 0 Å². The predicted molar refractivity (Wildman–Crippen MR) is 78.3 cm³/mol. The van der Waals surface area contributed by atoms with Gasteiger partial charge in [0.1, 0.15) is 0 Å². The molecule has 0 spiro atoms. The Balaban J connectivity index is 1.49. The molecule has 1 aliphatic heterocycles. The normalized spacial score (nSPS) is 21.1. The van der Waals surface area contributed by atoms with E-state index in [2.05, 4.69) is 56.0 Å². The molecule has 17 heavy (non-hydrogen) atoms. The van der Waals surface area contributed by atoms with Crippen molar-refractivity contribution in [3.05, 3.63) is 23.5 Å². The van der Waals surface area contributed by atoms with Crippen LogP contribution in [0.5, 0.6) is 0 Å². The lowest BCUT2D eigenvalue weighted by molar-refractivity contribution is 0.677. The fourth-order valence-electron chi connectivity index (χ4n) is 1.88. The Bertz CT molecular complexity index is 444. The average Bonchev–Trinajstić information content (AvgIpc) is 2.91. The van der Waals surface area contributed by atoms with Gasteiger partial charge in [-0.3, -0.25) is 4.40 Å². The van der Waals surface area contributed by atoms with Gasteiger partial charge in [0.15, 0.2) is 4.96 Å². The van der Waals surface area contributed by atoms with Gasteiger partial charge in [0.05, 0.1) is 5.69 Å². The van der Waals surface area contributed by atoms with Crippen LogP contribution in [-0.4, -0.2) is 38.4 Å². The van der Waals surface area contributed by atoms with Crippen LogP contribution in [0.1, 0.15) is 5.69 Å². The molecule has 0 aromatic carbocycles. The highest BCUT2D eigenvalue weighted by molar-refractivity contribution is 8.06. The molecule has 3 nitrogen and oxygen atoms in total. The van der Waals surface area contributed by atoms with Crippen molar-refractivity contribution in [1.29, 1.82) is 0 Å². The summed E-state index contributed by atoms with van der Waals surface area (Å²) in [5.41, 5.74) is 1.14. The predicted octanol–water partition coefficient (Wildman–Crippen LogP) is 2.33. The lowest BCUT2D eigenvalue weighted by Gasteiger charge is -2.20. The first-order valence-corrected chi connectivity index (χ1v) is 8.81. The smallest absolute Gasteiger partial charge is 0.193 e. The Morgan fingerprint density at radius 3 is 3.29 bits per heavy atom. The molecule has 1 atom stereocenters. The van der Waals surface area contributed by atoms with E-state index in [0.717, 1.165) is 29.0 Å². The van der Waals surface area contributed by atoms with Gasteiger partial charge in [-0.05, 0) is 0 Å². The van der Waals surface area contributed by atoms with Crippen LogP contribution >= 0.6 is 34.9 Å². The van der Waals surface area contributed by atoms with Crippen molar-refractivity contribution in [2.45, 2.75) is 11.8 Å². The van der Waals surface area contributed by atoms with Crippen molar-refractivity contribution in [2.24, 2.45) is 0 Å². The van der Waals surface area contributed by atoms with E-state index in [0.29, 0.717) is 0 Å². The van der Waals surface area contributed by atoms with Gasteiger partial charge in [-0.25, -0.2) is 4.98 Å². The third-order valence-electron chi connectivity index (χ3n) is 2.71. The summed E-state index contributed by atoms with van der Waals surface area (Å²) in [5, 5.41) is 6.36. The summed E-state index contributed by atoms with van der Waals surface area (Å²) in [5.74, 6) is 3.91. The van der Waals surface area contributed by atoms with Gasteiger partial charge in [-0.1, -0.05) is 0 Å². The summed E-state index contributed by atoms with van der Waals surface area (Å²) in [4.78, 5) is 5.65. The standard InChI is InChI=1S/C11H15N3S3/c1-2-17-11-13-9(7-14(1)11)5-12-6-10-8-15-3-4-16-10/h1-2,7,10,12H,3-6,8H2. The van der Waals surface area contributed by atoms with E-state index in [1.165, 1.54) is 17.3 Å². The van der Waals surface area contributed by atoms with Crippen LogP contribution in [0.25, 0.3) is 4.96 Å². The van der Waals surface area contributed by atoms with E-state index >= 15 is 0 Å². The molecule has 1 saturated heterocycles. The molecule has 0 bridgehead atoms. The molecule has 1 aliphatic rings. The molecule has 3 heterocycles. The molecule has 1 fully saturated rings. The Morgan fingerprint density at radius 1 is 1.47 bits per heavy atom. The van der Waals surface area contributed by atoms with E-state index in [4.69, 9.17) is 0 Å². The van der Waals surface area contributed by atoms with Gasteiger partial charge in [0.25, 0.3) is 0 Å². The summed E-state index contributed by atoms with van der Waals surface area (Å²) < 4.78 is 2.09. The fourth-order valence-corrected chi connectivity index (χ4v) is 5.24. The van der Waals surface area contributed by atoms with E-state index in [1.807, 2.05) is 0 Å². The van der Waals surface area contributed by atoms with E-state index in [9.17, 15) is 0 Å². The maximum absolute atomic E-state index is 4.56. The minimum atomic E-state index is 0.775. The van der Waals surface area contributed by atoms with Gasteiger partial charge in [0.2, 0.25) is 0 Å². The number of hydrogen-bond acceptors (Lipinski definition) is 5. The second-order valence-electron chi connectivity index (χ2n) is 4.02. The van der Waals surface area contributed by atoms with Crippen molar-refractivity contribution in [3.63, 3.8) is 0 Å². The molecule has 1 unspecified atom stereocenters. The number of thioether (sulfide) groups is 2. The van der Waals surface area contributed by atoms with Crippen LogP contribution in [-0.2, 0) is 6.54 Å². The highest BCUT2D eigenvalue weighted by atomic mass is 32.2. The number of aromatic nitrogens is 2. The lowest BCUT2D eigenvalue weighted by Crippen LogP contribution is -2.28. The highest BCUT2D eigenvalue weighted by Crippen LogP contribution is 2.23. The SMILES string of the molecule is c1cn2cc(CNCC3CSCCS3)nc2s1. The molecule has 0 saturated carbocycles. The van der Waals surface area contributed by atoms with Gasteiger partial charge >= 0.3 is 0 Å². The van der Waals surface area contributed by atoms with Gasteiger partial charge in [0, 0.05) is 53.4 Å². The van der Waals surface area contributed by atoms with Crippen LogP contribution in [0.3, 0.4) is 0 Å². The molecular weight excluding hydrogens is 270 g/mol. The molecule has 92 valence electrons. The first kappa shape index (κ1) is 11.9. The Kier molecular flexibility index (Phi) is 3.95. The first-order valence-electron chi connectivity index (χ1n) is 5.73. The number of thiazole rings is 1. The summed E-state index contributed by atoms with van der Waals surface area (Å²) in [7, 11) is 0. The Hall–Kier alpha value is -0.170. The largest absolute Gasteiger partial charge is 0.310 e. The van der Waals surface area contributed by atoms with Crippen molar-refractivity contribution in [1.82, 2.24) is 14.7 Å².